The number of likely N-dealkylation sites (tertiary alicyclic amines) is 2. The molecule has 18 nitrogen and oxygen atoms in total. The van der Waals surface area contributed by atoms with Gasteiger partial charge in [0.2, 0.25) is 35.4 Å². The maximum atomic E-state index is 14.9. The minimum atomic E-state index is -1.00. The number of hydrogen-bond acceptors (Lipinski definition) is 10. The predicted molar refractivity (Wildman–Crippen MR) is 305 cm³/mol. The van der Waals surface area contributed by atoms with E-state index in [2.05, 4.69) is 54.7 Å². The first-order valence-corrected chi connectivity index (χ1v) is 28.8. The molecule has 426 valence electrons. The van der Waals surface area contributed by atoms with Gasteiger partial charge < -0.3 is 52.3 Å². The van der Waals surface area contributed by atoms with Crippen molar-refractivity contribution in [3.63, 3.8) is 0 Å². The molecule has 0 bridgehead atoms. The highest BCUT2D eigenvalue weighted by molar-refractivity contribution is 5.97. The van der Waals surface area contributed by atoms with E-state index in [1.54, 1.807) is 76.5 Å². The number of unbranched alkanes of at least 4 members (excludes halogenated alkanes) is 3. The first kappa shape index (κ1) is 58.7. The van der Waals surface area contributed by atoms with Crippen molar-refractivity contribution in [2.75, 3.05) is 27.2 Å². The molecule has 2 fully saturated rings. The molecule has 0 saturated carbocycles. The summed E-state index contributed by atoms with van der Waals surface area (Å²) in [6, 6.07) is 27.0. The van der Waals surface area contributed by atoms with Gasteiger partial charge in [0.25, 0.3) is 11.8 Å². The number of nitrogens with zero attached hydrogens (tertiary/aromatic N) is 2. The van der Waals surface area contributed by atoms with Crippen LogP contribution in [0.2, 0.25) is 0 Å². The molecule has 8 amide bonds. The van der Waals surface area contributed by atoms with Crippen molar-refractivity contribution in [1.82, 2.24) is 52.3 Å². The second-order valence-electron chi connectivity index (χ2n) is 22.0. The van der Waals surface area contributed by atoms with E-state index in [-0.39, 0.29) is 86.3 Å². The first-order valence-electron chi connectivity index (χ1n) is 28.8. The molecule has 0 aromatic heterocycles. The first-order chi connectivity index (χ1) is 38.7. The van der Waals surface area contributed by atoms with Gasteiger partial charge >= 0.3 is 0 Å². The molecule has 4 aromatic carbocycles. The highest BCUT2D eigenvalue weighted by atomic mass is 16.2. The summed E-state index contributed by atoms with van der Waals surface area (Å²) in [6.07, 6.45) is 8.13. The van der Waals surface area contributed by atoms with Crippen LogP contribution >= 0.6 is 0 Å². The smallest absolute Gasteiger partial charge is 0.251 e. The monoisotopic (exact) mass is 1090 g/mol. The predicted octanol–water partition coefficient (Wildman–Crippen LogP) is 4.70. The van der Waals surface area contributed by atoms with Crippen LogP contribution in [0.25, 0.3) is 0 Å². The van der Waals surface area contributed by atoms with Crippen molar-refractivity contribution in [2.24, 2.45) is 0 Å². The van der Waals surface area contributed by atoms with Crippen molar-refractivity contribution in [1.29, 1.82) is 0 Å². The van der Waals surface area contributed by atoms with E-state index >= 15 is 0 Å². The normalized spacial score (nSPS) is 21.8. The van der Waals surface area contributed by atoms with Gasteiger partial charge in [-0.1, -0.05) is 111 Å². The fraction of sp³-hybridized carbons (Fsp3) is 0.484. The summed E-state index contributed by atoms with van der Waals surface area (Å²) in [6.45, 7) is 3.52. The Balaban J connectivity index is 0.953. The molecule has 8 rings (SSSR count). The molecule has 8 N–H and O–H groups in total. The molecule has 80 heavy (non-hydrogen) atoms. The number of carbonyl (C=O) groups excluding carboxylic acids is 8. The topological polar surface area (TPSA) is 239 Å². The van der Waals surface area contributed by atoms with E-state index in [9.17, 15) is 38.4 Å². The van der Waals surface area contributed by atoms with E-state index in [0.717, 1.165) is 49.7 Å². The van der Waals surface area contributed by atoms with Crippen molar-refractivity contribution in [3.8, 4) is 0 Å². The van der Waals surface area contributed by atoms with Crippen LogP contribution in [-0.2, 0) is 41.6 Å². The zero-order valence-corrected chi connectivity index (χ0v) is 46.6. The summed E-state index contributed by atoms with van der Waals surface area (Å²) in [5.74, 6) is -2.91. The van der Waals surface area contributed by atoms with Crippen LogP contribution in [0, 0.1) is 0 Å². The van der Waals surface area contributed by atoms with E-state index in [1.807, 2.05) is 48.5 Å². The number of fused-ring (bicyclic) bond motifs is 2. The SMILES string of the molecule is CN[C@@H](C)C(=O)N[C@@H](CCCCCC[C@H](NC(=O)[C@H](C)NC)C(=O)N1C[C@@H](NC(=O)c2ccccc2)C[C@H]1C(=O)N[C@@H]1CCCc2ccccc21)C(=O)N1C[C@@H](NC(=O)c2ccccc2)C[C@H]1C(=O)N[C@@H]1CCCc2ccccc21. The van der Waals surface area contributed by atoms with E-state index in [1.165, 1.54) is 20.9 Å². The van der Waals surface area contributed by atoms with Crippen LogP contribution in [0.3, 0.4) is 0 Å². The zero-order chi connectivity index (χ0) is 56.7. The van der Waals surface area contributed by atoms with Gasteiger partial charge in [-0.25, -0.2) is 0 Å². The summed E-state index contributed by atoms with van der Waals surface area (Å²) in [7, 11) is 3.31. The molecule has 10 atom stereocenters. The summed E-state index contributed by atoms with van der Waals surface area (Å²) in [4.78, 5) is 116. The number of carbonyl (C=O) groups is 8. The molecule has 4 aliphatic rings. The Labute approximate surface area is 470 Å². The lowest BCUT2D eigenvalue weighted by Crippen LogP contribution is -2.56. The third-order valence-electron chi connectivity index (χ3n) is 16.5. The molecule has 2 heterocycles. The van der Waals surface area contributed by atoms with Gasteiger partial charge in [0.15, 0.2) is 0 Å². The summed E-state index contributed by atoms with van der Waals surface area (Å²) >= 11 is 0. The van der Waals surface area contributed by atoms with Crippen LogP contribution in [0.5, 0.6) is 0 Å². The van der Waals surface area contributed by atoms with Crippen LogP contribution < -0.4 is 42.5 Å². The number of likely N-dealkylation sites (N-methyl/N-ethyl adjacent to an activating group) is 2. The fourth-order valence-electron chi connectivity index (χ4n) is 11.7. The molecule has 0 unspecified atom stereocenters. The van der Waals surface area contributed by atoms with Crippen molar-refractivity contribution >= 4 is 47.3 Å². The standard InChI is InChI=1S/C62H80N10O8/c1-39(63-3)55(73)69-51(61(79)71-37-45(65-57(75)43-23-9-7-10-24-43)35-53(71)59(77)67-49-33-19-27-41-21-15-17-29-47(41)49)31-13-5-6-14-32-52(70-56(74)40(2)64-4)62(80)72-38-46(66-58(76)44-25-11-8-12-26-44)36-54(72)60(78)68-50-34-20-28-42-22-16-18-30-48(42)50/h7-12,15-18,21-26,29-30,39-40,45-46,49-54,63-64H,5-6,13-14,19-20,27-28,31-38H2,1-4H3,(H,65,75)(H,66,76)(H,67,77)(H,68,78)(H,69,73)(H,70,74)/t39-,40-,45-,46-,49+,50+,51-,52-,53-,54-/m0/s1. The maximum absolute atomic E-state index is 14.9. The van der Waals surface area contributed by atoms with E-state index in [4.69, 9.17) is 0 Å². The molecule has 2 aliphatic heterocycles. The minimum Gasteiger partial charge on any atom is -0.347 e. The van der Waals surface area contributed by atoms with Crippen LogP contribution in [-0.4, -0.2) is 133 Å². The lowest BCUT2D eigenvalue weighted by Gasteiger charge is -2.32. The summed E-state index contributed by atoms with van der Waals surface area (Å²) in [5, 5.41) is 24.4. The largest absolute Gasteiger partial charge is 0.347 e. The van der Waals surface area contributed by atoms with Gasteiger partial charge in [-0.05, 0) is 139 Å². The maximum Gasteiger partial charge on any atom is 0.251 e. The molecular formula is C62H80N10O8. The van der Waals surface area contributed by atoms with Gasteiger partial charge in [0.05, 0.1) is 24.2 Å². The summed E-state index contributed by atoms with van der Waals surface area (Å²) < 4.78 is 0. The molecule has 0 radical (unpaired) electrons. The second kappa shape index (κ2) is 28.1. The number of rotatable bonds is 23. The van der Waals surface area contributed by atoms with Gasteiger partial charge in [-0.2, -0.15) is 0 Å². The van der Waals surface area contributed by atoms with Gasteiger partial charge in [0, 0.05) is 36.3 Å². The number of nitrogens with one attached hydrogen (secondary N) is 8. The Kier molecular flexibility index (Phi) is 20.6. The number of aryl methyl sites for hydroxylation is 2. The molecular weight excluding hydrogens is 1010 g/mol. The Bertz CT molecular complexity index is 2630. The van der Waals surface area contributed by atoms with Crippen molar-refractivity contribution in [3.05, 3.63) is 143 Å². The van der Waals surface area contributed by atoms with Crippen molar-refractivity contribution < 1.29 is 38.4 Å². The highest BCUT2D eigenvalue weighted by Gasteiger charge is 2.45. The number of hydrogen-bond donors (Lipinski definition) is 8. The molecule has 18 heteroatoms. The highest BCUT2D eigenvalue weighted by Crippen LogP contribution is 2.33. The fourth-order valence-corrected chi connectivity index (χ4v) is 11.7. The van der Waals surface area contributed by atoms with Gasteiger partial charge in [0.1, 0.15) is 24.2 Å². The number of amides is 8. The quantitative estimate of drug-likeness (QED) is 0.0477. The van der Waals surface area contributed by atoms with E-state index < -0.39 is 60.1 Å². The summed E-state index contributed by atoms with van der Waals surface area (Å²) in [5.41, 5.74) is 5.36. The third kappa shape index (κ3) is 14.9. The molecule has 2 saturated heterocycles. The Hall–Kier alpha value is -7.44. The minimum absolute atomic E-state index is 0.0617. The Morgan fingerprint density at radius 2 is 0.863 bits per heavy atom. The van der Waals surface area contributed by atoms with Gasteiger partial charge in [-0.3, -0.25) is 38.4 Å². The van der Waals surface area contributed by atoms with E-state index in [0.29, 0.717) is 36.8 Å². The van der Waals surface area contributed by atoms with Crippen LogP contribution in [0.4, 0.5) is 0 Å². The lowest BCUT2D eigenvalue weighted by atomic mass is 9.87. The Morgan fingerprint density at radius 1 is 0.487 bits per heavy atom. The molecule has 2 aliphatic carbocycles. The average molecular weight is 1090 g/mol. The Morgan fingerprint density at radius 3 is 1.25 bits per heavy atom. The number of benzene rings is 4. The zero-order valence-electron chi connectivity index (χ0n) is 46.6. The average Bonchev–Trinajstić information content (AvgIpc) is 4.16. The van der Waals surface area contributed by atoms with Crippen LogP contribution in [0.15, 0.2) is 109 Å². The second-order valence-corrected chi connectivity index (χ2v) is 22.0. The van der Waals surface area contributed by atoms with Crippen LogP contribution in [0.1, 0.15) is 146 Å². The van der Waals surface area contributed by atoms with Gasteiger partial charge in [-0.15, -0.1) is 0 Å². The third-order valence-corrected chi connectivity index (χ3v) is 16.5. The molecule has 4 aromatic rings. The lowest BCUT2D eigenvalue weighted by molar-refractivity contribution is -0.142. The molecule has 0 spiro atoms. The van der Waals surface area contributed by atoms with Crippen molar-refractivity contribution in [2.45, 2.75) is 164 Å².